The minimum Gasteiger partial charge on any atom is -0.370 e. The van der Waals surface area contributed by atoms with Gasteiger partial charge in [-0.1, -0.05) is 15.9 Å². The fourth-order valence-electron chi connectivity index (χ4n) is 1.94. The summed E-state index contributed by atoms with van der Waals surface area (Å²) < 4.78 is 38.8. The molecule has 0 saturated carbocycles. The van der Waals surface area contributed by atoms with Gasteiger partial charge in [0.05, 0.1) is 5.56 Å². The fourth-order valence-corrected chi connectivity index (χ4v) is 2.41. The lowest BCUT2D eigenvalue weighted by atomic mass is 10.2. The Hall–Kier alpha value is -1.87. The molecule has 0 atom stereocenters. The maximum atomic E-state index is 12.9. The first-order valence-corrected chi connectivity index (χ1v) is 8.02. The molecule has 0 saturated heterocycles. The number of nitrogens with one attached hydrogen (secondary N) is 2. The molecule has 2 rings (SSSR count). The van der Waals surface area contributed by atoms with E-state index in [1.807, 2.05) is 6.92 Å². The summed E-state index contributed by atoms with van der Waals surface area (Å²) in [6, 6.07) is 3.86. The number of nitrogens with two attached hydrogens (primary N) is 1. The van der Waals surface area contributed by atoms with Crippen LogP contribution in [0.15, 0.2) is 28.9 Å². The Kier molecular flexibility index (Phi) is 6.00. The summed E-state index contributed by atoms with van der Waals surface area (Å²) in [4.78, 5) is 8.38. The monoisotopic (exact) mass is 403 g/mol. The van der Waals surface area contributed by atoms with E-state index in [1.54, 1.807) is 6.20 Å². The number of hydrogen-bond donors (Lipinski definition) is 3. The van der Waals surface area contributed by atoms with E-state index in [0.29, 0.717) is 18.9 Å². The maximum absolute atomic E-state index is 12.9. The third kappa shape index (κ3) is 4.81. The molecule has 1 aromatic heterocycles. The second-order valence-corrected chi connectivity index (χ2v) is 5.97. The number of alkyl halides is 3. The predicted octanol–water partition coefficient (Wildman–Crippen LogP) is 4.07. The maximum Gasteiger partial charge on any atom is 0.417 e. The highest BCUT2D eigenvalue weighted by Gasteiger charge is 2.33. The number of halogens is 4. The molecular weight excluding hydrogens is 387 g/mol. The minimum absolute atomic E-state index is 0.0190. The van der Waals surface area contributed by atoms with Gasteiger partial charge in [-0.2, -0.15) is 18.2 Å². The molecule has 0 bridgehead atoms. The number of rotatable bonds is 6. The van der Waals surface area contributed by atoms with Crippen LogP contribution < -0.4 is 16.4 Å². The third-order valence-electron chi connectivity index (χ3n) is 3.17. The van der Waals surface area contributed by atoms with Crippen molar-refractivity contribution >= 4 is 33.4 Å². The van der Waals surface area contributed by atoms with E-state index in [2.05, 4.69) is 36.5 Å². The van der Waals surface area contributed by atoms with Gasteiger partial charge in [-0.25, -0.2) is 4.98 Å². The van der Waals surface area contributed by atoms with E-state index in [0.717, 1.165) is 18.1 Å². The molecule has 9 heteroatoms. The van der Waals surface area contributed by atoms with Crippen LogP contribution in [0.3, 0.4) is 0 Å². The summed E-state index contributed by atoms with van der Waals surface area (Å²) in [5.41, 5.74) is 5.77. The average Bonchev–Trinajstić information content (AvgIpc) is 2.51. The van der Waals surface area contributed by atoms with Crippen LogP contribution in [0, 0.1) is 6.92 Å². The molecule has 0 spiro atoms. The number of aromatic nitrogens is 2. The molecule has 0 aliphatic rings. The fraction of sp³-hybridized carbons (Fsp3) is 0.333. The van der Waals surface area contributed by atoms with Crippen molar-refractivity contribution in [3.05, 3.63) is 40.0 Å². The van der Waals surface area contributed by atoms with Gasteiger partial charge in [-0.15, -0.1) is 0 Å². The van der Waals surface area contributed by atoms with Gasteiger partial charge in [0.2, 0.25) is 5.95 Å². The second-order valence-electron chi connectivity index (χ2n) is 5.11. The zero-order valence-electron chi connectivity index (χ0n) is 12.9. The molecule has 24 heavy (non-hydrogen) atoms. The number of aryl methyl sites for hydroxylation is 1. The third-order valence-corrected chi connectivity index (χ3v) is 3.86. The highest BCUT2D eigenvalue weighted by Crippen LogP contribution is 2.36. The molecule has 1 heterocycles. The molecule has 0 radical (unpaired) electrons. The van der Waals surface area contributed by atoms with Gasteiger partial charge in [0.15, 0.2) is 0 Å². The first-order valence-electron chi connectivity index (χ1n) is 7.22. The van der Waals surface area contributed by atoms with Crippen molar-refractivity contribution in [2.45, 2.75) is 19.5 Å². The smallest absolute Gasteiger partial charge is 0.370 e. The van der Waals surface area contributed by atoms with Crippen molar-refractivity contribution in [1.29, 1.82) is 0 Å². The Morgan fingerprint density at radius 1 is 1.29 bits per heavy atom. The van der Waals surface area contributed by atoms with Gasteiger partial charge >= 0.3 is 6.18 Å². The molecule has 0 aliphatic carbocycles. The summed E-state index contributed by atoms with van der Waals surface area (Å²) in [7, 11) is 0. The zero-order chi connectivity index (χ0) is 17.7. The largest absolute Gasteiger partial charge is 0.417 e. The van der Waals surface area contributed by atoms with Crippen LogP contribution in [-0.4, -0.2) is 23.1 Å². The lowest BCUT2D eigenvalue weighted by molar-refractivity contribution is -0.138. The number of anilines is 3. The summed E-state index contributed by atoms with van der Waals surface area (Å²) in [5, 5.41) is 5.92. The first-order chi connectivity index (χ1) is 11.3. The van der Waals surface area contributed by atoms with E-state index in [4.69, 9.17) is 5.73 Å². The molecule has 0 fully saturated rings. The van der Waals surface area contributed by atoms with Crippen LogP contribution in [-0.2, 0) is 6.18 Å². The van der Waals surface area contributed by atoms with Gasteiger partial charge in [-0.05, 0) is 38.1 Å². The van der Waals surface area contributed by atoms with Crippen LogP contribution in [0.5, 0.6) is 0 Å². The molecule has 0 amide bonds. The van der Waals surface area contributed by atoms with Gasteiger partial charge in [0.25, 0.3) is 0 Å². The summed E-state index contributed by atoms with van der Waals surface area (Å²) in [6.07, 6.45) is -2.06. The van der Waals surface area contributed by atoms with Crippen LogP contribution >= 0.6 is 15.9 Å². The van der Waals surface area contributed by atoms with E-state index in [9.17, 15) is 13.2 Å². The van der Waals surface area contributed by atoms with Crippen LogP contribution in [0.2, 0.25) is 0 Å². The highest BCUT2D eigenvalue weighted by atomic mass is 79.9. The highest BCUT2D eigenvalue weighted by molar-refractivity contribution is 9.10. The van der Waals surface area contributed by atoms with Gasteiger partial charge < -0.3 is 16.4 Å². The molecule has 130 valence electrons. The van der Waals surface area contributed by atoms with Crippen molar-refractivity contribution in [1.82, 2.24) is 9.97 Å². The van der Waals surface area contributed by atoms with Crippen molar-refractivity contribution < 1.29 is 13.2 Å². The number of benzene rings is 1. The average molecular weight is 404 g/mol. The van der Waals surface area contributed by atoms with E-state index >= 15 is 0 Å². The molecular formula is C15H17BrF3N5. The summed E-state index contributed by atoms with van der Waals surface area (Å²) >= 11 is 2.91. The van der Waals surface area contributed by atoms with E-state index in [-0.39, 0.29) is 16.1 Å². The molecule has 4 N–H and O–H groups in total. The van der Waals surface area contributed by atoms with Crippen molar-refractivity contribution in [3.63, 3.8) is 0 Å². The topological polar surface area (TPSA) is 75.9 Å². The number of hydrogen-bond acceptors (Lipinski definition) is 5. The Labute approximate surface area is 146 Å². The standard InChI is InChI=1S/C15H17BrF3N5/c1-9-8-22-14(24-13(9)21-6-2-5-20)23-10-3-4-12(16)11(7-10)15(17,18)19/h3-4,7-8H,2,5-6,20H2,1H3,(H2,21,22,23,24). The predicted molar refractivity (Wildman–Crippen MR) is 91.4 cm³/mol. The molecule has 1 aromatic carbocycles. The van der Waals surface area contributed by atoms with Crippen LogP contribution in [0.4, 0.5) is 30.6 Å². The van der Waals surface area contributed by atoms with E-state index in [1.165, 1.54) is 12.1 Å². The van der Waals surface area contributed by atoms with Crippen LogP contribution in [0.1, 0.15) is 17.5 Å². The Morgan fingerprint density at radius 3 is 2.71 bits per heavy atom. The Morgan fingerprint density at radius 2 is 2.04 bits per heavy atom. The van der Waals surface area contributed by atoms with E-state index < -0.39 is 11.7 Å². The van der Waals surface area contributed by atoms with Crippen molar-refractivity contribution in [2.75, 3.05) is 23.7 Å². The molecule has 0 aliphatic heterocycles. The SMILES string of the molecule is Cc1cnc(Nc2ccc(Br)c(C(F)(F)F)c2)nc1NCCCN. The van der Waals surface area contributed by atoms with Gasteiger partial charge in [-0.3, -0.25) is 0 Å². The molecule has 2 aromatic rings. The van der Waals surface area contributed by atoms with Crippen molar-refractivity contribution in [2.24, 2.45) is 5.73 Å². The lowest BCUT2D eigenvalue weighted by Gasteiger charge is -2.13. The summed E-state index contributed by atoms with van der Waals surface area (Å²) in [6.45, 7) is 3.06. The van der Waals surface area contributed by atoms with Gasteiger partial charge in [0, 0.05) is 28.5 Å². The first kappa shape index (κ1) is 18.5. The number of nitrogens with zero attached hydrogens (tertiary/aromatic N) is 2. The normalized spacial score (nSPS) is 11.4. The minimum atomic E-state index is -4.44. The van der Waals surface area contributed by atoms with Crippen molar-refractivity contribution in [3.8, 4) is 0 Å². The molecule has 0 unspecified atom stereocenters. The second kappa shape index (κ2) is 7.80. The quantitative estimate of drug-likeness (QED) is 0.633. The van der Waals surface area contributed by atoms with Crippen LogP contribution in [0.25, 0.3) is 0 Å². The Balaban J connectivity index is 2.20. The Bertz CT molecular complexity index is 706. The summed E-state index contributed by atoms with van der Waals surface area (Å²) in [5.74, 6) is 0.834. The van der Waals surface area contributed by atoms with Gasteiger partial charge in [0.1, 0.15) is 5.82 Å². The lowest BCUT2D eigenvalue weighted by Crippen LogP contribution is -2.11. The molecule has 5 nitrogen and oxygen atoms in total. The zero-order valence-corrected chi connectivity index (χ0v) is 14.5.